The second-order valence-electron chi connectivity index (χ2n) is 6.25. The van der Waals surface area contributed by atoms with Crippen molar-refractivity contribution >= 4 is 17.5 Å². The maximum absolute atomic E-state index is 12.5. The van der Waals surface area contributed by atoms with Crippen LogP contribution < -0.4 is 21.1 Å². The Morgan fingerprint density at radius 1 is 1.45 bits per heavy atom. The molecule has 0 bridgehead atoms. The van der Waals surface area contributed by atoms with E-state index in [1.165, 1.54) is 0 Å². The van der Waals surface area contributed by atoms with E-state index in [2.05, 4.69) is 24.5 Å². The topological polar surface area (TPSA) is 93.4 Å². The quantitative estimate of drug-likeness (QED) is 0.763. The fraction of sp³-hybridized carbons (Fsp3) is 0.500. The van der Waals surface area contributed by atoms with Crippen molar-refractivity contribution in [1.82, 2.24) is 5.32 Å². The number of rotatable bonds is 5. The zero-order chi connectivity index (χ0) is 16.2. The van der Waals surface area contributed by atoms with Gasteiger partial charge >= 0.3 is 0 Å². The number of hydrogen-bond acceptors (Lipinski definition) is 4. The summed E-state index contributed by atoms with van der Waals surface area (Å²) in [6.07, 6.45) is 2.09. The zero-order valence-electron chi connectivity index (χ0n) is 13.0. The van der Waals surface area contributed by atoms with Crippen LogP contribution in [0.15, 0.2) is 24.3 Å². The summed E-state index contributed by atoms with van der Waals surface area (Å²) in [4.78, 5) is 23.2. The second kappa shape index (κ2) is 6.79. The van der Waals surface area contributed by atoms with Crippen LogP contribution in [0.5, 0.6) is 5.75 Å². The van der Waals surface area contributed by atoms with Crippen molar-refractivity contribution in [2.45, 2.75) is 32.7 Å². The first-order valence-electron chi connectivity index (χ1n) is 7.44. The molecule has 0 aromatic heterocycles. The lowest BCUT2D eigenvalue weighted by Crippen LogP contribution is -2.53. The lowest BCUT2D eigenvalue weighted by Gasteiger charge is -2.38. The van der Waals surface area contributed by atoms with Gasteiger partial charge in [-0.2, -0.15) is 0 Å². The van der Waals surface area contributed by atoms with Gasteiger partial charge in [-0.3, -0.25) is 9.59 Å². The molecule has 1 unspecified atom stereocenters. The van der Waals surface area contributed by atoms with Gasteiger partial charge in [0.25, 0.3) is 5.91 Å². The molecular weight excluding hydrogens is 282 g/mol. The van der Waals surface area contributed by atoms with Crippen molar-refractivity contribution in [1.29, 1.82) is 0 Å². The normalized spacial score (nSPS) is 20.2. The van der Waals surface area contributed by atoms with Gasteiger partial charge in [-0.25, -0.2) is 0 Å². The fourth-order valence-electron chi connectivity index (χ4n) is 2.69. The molecule has 0 spiro atoms. The number of nitrogens with one attached hydrogen (secondary N) is 2. The molecule has 1 saturated heterocycles. The molecule has 6 nitrogen and oxygen atoms in total. The van der Waals surface area contributed by atoms with E-state index in [0.29, 0.717) is 11.4 Å². The van der Waals surface area contributed by atoms with E-state index in [-0.39, 0.29) is 24.0 Å². The number of benzene rings is 1. The molecule has 0 aliphatic carbocycles. The van der Waals surface area contributed by atoms with Crippen LogP contribution in [0.4, 0.5) is 5.69 Å². The number of hydrogen-bond donors (Lipinski definition) is 3. The van der Waals surface area contributed by atoms with Crippen LogP contribution in [0.1, 0.15) is 26.7 Å². The molecule has 0 radical (unpaired) electrons. The number of ether oxygens (including phenoxy) is 1. The van der Waals surface area contributed by atoms with Gasteiger partial charge in [-0.05, 0) is 36.9 Å². The van der Waals surface area contributed by atoms with Crippen molar-refractivity contribution in [2.24, 2.45) is 11.1 Å². The fourth-order valence-corrected chi connectivity index (χ4v) is 2.69. The van der Waals surface area contributed by atoms with Crippen molar-refractivity contribution < 1.29 is 14.3 Å². The first-order valence-corrected chi connectivity index (χ1v) is 7.44. The number of primary amides is 1. The number of anilines is 1. The maximum Gasteiger partial charge on any atom is 0.255 e. The molecule has 1 aromatic rings. The van der Waals surface area contributed by atoms with Gasteiger partial charge in [0.2, 0.25) is 5.91 Å². The Kier molecular flexibility index (Phi) is 5.03. The molecule has 1 aliphatic rings. The Balaban J connectivity index is 2.02. The molecule has 120 valence electrons. The lowest BCUT2D eigenvalue weighted by atomic mass is 9.77. The van der Waals surface area contributed by atoms with Gasteiger partial charge in [0.05, 0.1) is 6.04 Å². The van der Waals surface area contributed by atoms with Crippen molar-refractivity contribution in [3.05, 3.63) is 24.3 Å². The van der Waals surface area contributed by atoms with Gasteiger partial charge in [-0.1, -0.05) is 19.9 Å². The third-order valence-electron chi connectivity index (χ3n) is 3.87. The molecule has 1 aliphatic heterocycles. The average molecular weight is 305 g/mol. The summed E-state index contributed by atoms with van der Waals surface area (Å²) in [6.45, 7) is 4.85. The van der Waals surface area contributed by atoms with Crippen molar-refractivity contribution in [3.63, 3.8) is 0 Å². The van der Waals surface area contributed by atoms with Crippen LogP contribution in [0.3, 0.4) is 0 Å². The molecular formula is C16H23N3O3. The van der Waals surface area contributed by atoms with Gasteiger partial charge in [0.1, 0.15) is 5.75 Å². The van der Waals surface area contributed by atoms with E-state index in [1.54, 1.807) is 24.3 Å². The predicted molar refractivity (Wildman–Crippen MR) is 84.6 cm³/mol. The summed E-state index contributed by atoms with van der Waals surface area (Å²) < 4.78 is 5.23. The largest absolute Gasteiger partial charge is 0.484 e. The summed E-state index contributed by atoms with van der Waals surface area (Å²) in [5, 5.41) is 6.18. The van der Waals surface area contributed by atoms with Gasteiger partial charge in [-0.15, -0.1) is 0 Å². The van der Waals surface area contributed by atoms with Gasteiger partial charge < -0.3 is 21.1 Å². The van der Waals surface area contributed by atoms with Crippen LogP contribution in [0, 0.1) is 5.41 Å². The van der Waals surface area contributed by atoms with E-state index >= 15 is 0 Å². The number of carbonyl (C=O) groups is 2. The smallest absolute Gasteiger partial charge is 0.255 e. The standard InChI is InChI=1S/C16H23N3O3/c1-16(2)7-4-8-18-14(16)15(21)19-11-5-3-6-12(9-11)22-10-13(17)20/h3,5-6,9,14,18H,4,7-8,10H2,1-2H3,(H2,17,20)(H,19,21). The summed E-state index contributed by atoms with van der Waals surface area (Å²) in [5.74, 6) is -0.105. The second-order valence-corrected chi connectivity index (χ2v) is 6.25. The molecule has 2 rings (SSSR count). The number of nitrogens with two attached hydrogens (primary N) is 1. The van der Waals surface area contributed by atoms with E-state index in [1.807, 2.05) is 0 Å². The number of piperidine rings is 1. The van der Waals surface area contributed by atoms with E-state index in [9.17, 15) is 9.59 Å². The molecule has 1 heterocycles. The highest BCUT2D eigenvalue weighted by atomic mass is 16.5. The first kappa shape index (κ1) is 16.3. The Hall–Kier alpha value is -2.08. The predicted octanol–water partition coefficient (Wildman–Crippen LogP) is 1.27. The van der Waals surface area contributed by atoms with Gasteiger partial charge in [0.15, 0.2) is 6.61 Å². The highest BCUT2D eigenvalue weighted by molar-refractivity contribution is 5.95. The third kappa shape index (κ3) is 4.21. The highest BCUT2D eigenvalue weighted by Gasteiger charge is 2.37. The molecule has 0 saturated carbocycles. The van der Waals surface area contributed by atoms with Gasteiger partial charge in [0, 0.05) is 11.8 Å². The van der Waals surface area contributed by atoms with E-state index < -0.39 is 5.91 Å². The highest BCUT2D eigenvalue weighted by Crippen LogP contribution is 2.31. The van der Waals surface area contributed by atoms with Crippen molar-refractivity contribution in [2.75, 3.05) is 18.5 Å². The molecule has 22 heavy (non-hydrogen) atoms. The SMILES string of the molecule is CC1(C)CCCNC1C(=O)Nc1cccc(OCC(N)=O)c1. The lowest BCUT2D eigenvalue weighted by molar-refractivity contribution is -0.122. The Labute approximate surface area is 130 Å². The minimum Gasteiger partial charge on any atom is -0.484 e. The Bertz CT molecular complexity index is 557. The third-order valence-corrected chi connectivity index (χ3v) is 3.87. The average Bonchev–Trinajstić information content (AvgIpc) is 2.45. The Morgan fingerprint density at radius 3 is 2.91 bits per heavy atom. The Morgan fingerprint density at radius 2 is 2.23 bits per heavy atom. The molecule has 4 N–H and O–H groups in total. The summed E-state index contributed by atoms with van der Waals surface area (Å²) in [6, 6.07) is 6.70. The maximum atomic E-state index is 12.5. The summed E-state index contributed by atoms with van der Waals surface area (Å²) >= 11 is 0. The van der Waals surface area contributed by atoms with Crippen LogP contribution in [0.25, 0.3) is 0 Å². The molecule has 2 amide bonds. The number of carbonyl (C=O) groups excluding carboxylic acids is 2. The minimum atomic E-state index is -0.539. The minimum absolute atomic E-state index is 0.0586. The molecule has 1 atom stereocenters. The summed E-state index contributed by atoms with van der Waals surface area (Å²) in [7, 11) is 0. The van der Waals surface area contributed by atoms with E-state index in [0.717, 1.165) is 19.4 Å². The number of amides is 2. The van der Waals surface area contributed by atoms with Crippen LogP contribution in [-0.2, 0) is 9.59 Å². The van der Waals surface area contributed by atoms with Crippen LogP contribution in [0.2, 0.25) is 0 Å². The first-order chi connectivity index (χ1) is 10.4. The van der Waals surface area contributed by atoms with Crippen LogP contribution in [-0.4, -0.2) is 31.0 Å². The zero-order valence-corrected chi connectivity index (χ0v) is 13.0. The van der Waals surface area contributed by atoms with E-state index in [4.69, 9.17) is 10.5 Å². The van der Waals surface area contributed by atoms with Crippen molar-refractivity contribution in [3.8, 4) is 5.75 Å². The molecule has 1 fully saturated rings. The summed E-state index contributed by atoms with van der Waals surface area (Å²) in [5.41, 5.74) is 5.60. The van der Waals surface area contributed by atoms with Crippen LogP contribution >= 0.6 is 0 Å². The monoisotopic (exact) mass is 305 g/mol. The molecule has 6 heteroatoms. The molecule has 1 aromatic carbocycles.